The van der Waals surface area contributed by atoms with Crippen LogP contribution in [0.4, 0.5) is 0 Å². The lowest BCUT2D eigenvalue weighted by Gasteiger charge is -2.07. The van der Waals surface area contributed by atoms with Crippen molar-refractivity contribution in [1.29, 1.82) is 0 Å². The standard InChI is InChI=1S/C13H15N3O3/c1-3-7-16-12(11(13(17)18)14-15-16)9-5-4-6-10(8-9)19-2/h4-6,8H,3,7H2,1-2H3,(H,17,18). The van der Waals surface area contributed by atoms with Gasteiger partial charge in [-0.2, -0.15) is 0 Å². The van der Waals surface area contributed by atoms with Crippen molar-refractivity contribution in [2.75, 3.05) is 7.11 Å². The van der Waals surface area contributed by atoms with Gasteiger partial charge in [0.2, 0.25) is 0 Å². The van der Waals surface area contributed by atoms with Crippen LogP contribution in [-0.4, -0.2) is 33.2 Å². The van der Waals surface area contributed by atoms with E-state index >= 15 is 0 Å². The van der Waals surface area contributed by atoms with Gasteiger partial charge in [0.25, 0.3) is 0 Å². The first-order valence-electron chi connectivity index (χ1n) is 5.98. The molecule has 1 N–H and O–H groups in total. The van der Waals surface area contributed by atoms with E-state index in [1.54, 1.807) is 23.9 Å². The summed E-state index contributed by atoms with van der Waals surface area (Å²) in [6, 6.07) is 7.21. The monoisotopic (exact) mass is 261 g/mol. The van der Waals surface area contributed by atoms with Gasteiger partial charge in [-0.25, -0.2) is 9.48 Å². The van der Waals surface area contributed by atoms with Crippen LogP contribution in [0.1, 0.15) is 23.8 Å². The largest absolute Gasteiger partial charge is 0.497 e. The molecule has 0 saturated heterocycles. The Bertz CT molecular complexity index is 593. The van der Waals surface area contributed by atoms with Crippen LogP contribution in [0.2, 0.25) is 0 Å². The lowest BCUT2D eigenvalue weighted by Crippen LogP contribution is -2.04. The minimum atomic E-state index is -1.08. The van der Waals surface area contributed by atoms with Crippen LogP contribution < -0.4 is 4.74 Å². The molecule has 0 radical (unpaired) electrons. The maximum absolute atomic E-state index is 11.2. The number of benzene rings is 1. The SMILES string of the molecule is CCCn1nnc(C(=O)O)c1-c1cccc(OC)c1. The second-order valence-corrected chi connectivity index (χ2v) is 4.05. The third-order valence-corrected chi connectivity index (χ3v) is 2.72. The molecule has 0 atom stereocenters. The van der Waals surface area contributed by atoms with Gasteiger partial charge >= 0.3 is 5.97 Å². The van der Waals surface area contributed by atoms with Crippen LogP contribution in [0.5, 0.6) is 5.75 Å². The van der Waals surface area contributed by atoms with E-state index in [-0.39, 0.29) is 5.69 Å². The van der Waals surface area contributed by atoms with Gasteiger partial charge in [-0.15, -0.1) is 5.10 Å². The smallest absolute Gasteiger partial charge is 0.358 e. The first-order valence-corrected chi connectivity index (χ1v) is 5.98. The van der Waals surface area contributed by atoms with Gasteiger partial charge in [-0.05, 0) is 18.6 Å². The van der Waals surface area contributed by atoms with Gasteiger partial charge < -0.3 is 9.84 Å². The summed E-state index contributed by atoms with van der Waals surface area (Å²) in [5, 5.41) is 16.8. The summed E-state index contributed by atoms with van der Waals surface area (Å²) >= 11 is 0. The van der Waals surface area contributed by atoms with E-state index in [2.05, 4.69) is 10.3 Å². The molecule has 1 aromatic carbocycles. The van der Waals surface area contributed by atoms with Crippen molar-refractivity contribution < 1.29 is 14.6 Å². The molecule has 1 aromatic heterocycles. The molecule has 6 heteroatoms. The lowest BCUT2D eigenvalue weighted by atomic mass is 10.1. The number of carbonyl (C=O) groups is 1. The highest BCUT2D eigenvalue weighted by Gasteiger charge is 2.20. The van der Waals surface area contributed by atoms with Gasteiger partial charge in [-0.3, -0.25) is 0 Å². The van der Waals surface area contributed by atoms with Crippen molar-refractivity contribution in [1.82, 2.24) is 15.0 Å². The van der Waals surface area contributed by atoms with Crippen molar-refractivity contribution in [2.24, 2.45) is 0 Å². The molecule has 1 heterocycles. The molecule has 0 amide bonds. The molecule has 2 aromatic rings. The molecular formula is C13H15N3O3. The van der Waals surface area contributed by atoms with Crippen molar-refractivity contribution >= 4 is 5.97 Å². The number of aryl methyl sites for hydroxylation is 1. The van der Waals surface area contributed by atoms with Crippen LogP contribution >= 0.6 is 0 Å². The van der Waals surface area contributed by atoms with Crippen LogP contribution in [0.25, 0.3) is 11.3 Å². The van der Waals surface area contributed by atoms with E-state index in [1.807, 2.05) is 19.1 Å². The topological polar surface area (TPSA) is 77.2 Å². The molecular weight excluding hydrogens is 246 g/mol. The third kappa shape index (κ3) is 2.57. The highest BCUT2D eigenvalue weighted by Crippen LogP contribution is 2.26. The predicted molar refractivity (Wildman–Crippen MR) is 69.3 cm³/mol. The molecule has 0 bridgehead atoms. The molecule has 0 saturated carbocycles. The highest BCUT2D eigenvalue weighted by atomic mass is 16.5. The van der Waals surface area contributed by atoms with Crippen molar-refractivity contribution in [3.8, 4) is 17.0 Å². The minimum Gasteiger partial charge on any atom is -0.497 e. The van der Waals surface area contributed by atoms with Gasteiger partial charge in [-0.1, -0.05) is 24.3 Å². The zero-order valence-electron chi connectivity index (χ0n) is 10.8. The summed E-state index contributed by atoms with van der Waals surface area (Å²) in [5.41, 5.74) is 1.20. The second-order valence-electron chi connectivity index (χ2n) is 4.05. The van der Waals surface area contributed by atoms with E-state index in [9.17, 15) is 9.90 Å². The summed E-state index contributed by atoms with van der Waals surface area (Å²) in [4.78, 5) is 11.2. The number of rotatable bonds is 5. The predicted octanol–water partition coefficient (Wildman–Crippen LogP) is 2.06. The maximum Gasteiger partial charge on any atom is 0.358 e. The molecule has 19 heavy (non-hydrogen) atoms. The fourth-order valence-electron chi connectivity index (χ4n) is 1.88. The summed E-state index contributed by atoms with van der Waals surface area (Å²) < 4.78 is 6.76. The minimum absolute atomic E-state index is 0.0401. The first-order chi connectivity index (χ1) is 9.17. The molecule has 0 unspecified atom stereocenters. The van der Waals surface area contributed by atoms with Crippen molar-refractivity contribution in [3.05, 3.63) is 30.0 Å². The Hall–Kier alpha value is -2.37. The Morgan fingerprint density at radius 2 is 2.26 bits per heavy atom. The molecule has 2 rings (SSSR count). The van der Waals surface area contributed by atoms with Crippen LogP contribution in [-0.2, 0) is 6.54 Å². The number of nitrogens with zero attached hydrogens (tertiary/aromatic N) is 3. The molecule has 6 nitrogen and oxygen atoms in total. The summed E-state index contributed by atoms with van der Waals surface area (Å²) in [7, 11) is 1.57. The molecule has 0 aliphatic rings. The third-order valence-electron chi connectivity index (χ3n) is 2.72. The van der Waals surface area contributed by atoms with Crippen molar-refractivity contribution in [3.63, 3.8) is 0 Å². The second kappa shape index (κ2) is 5.51. The number of aromatic carboxylic acids is 1. The van der Waals surface area contributed by atoms with E-state index in [0.29, 0.717) is 18.0 Å². The van der Waals surface area contributed by atoms with Gasteiger partial charge in [0.1, 0.15) is 11.4 Å². The maximum atomic E-state index is 11.2. The number of ether oxygens (including phenoxy) is 1. The van der Waals surface area contributed by atoms with E-state index in [4.69, 9.17) is 4.74 Å². The Morgan fingerprint density at radius 3 is 2.89 bits per heavy atom. The number of aromatic nitrogens is 3. The Morgan fingerprint density at radius 1 is 1.47 bits per heavy atom. The number of hydrogen-bond acceptors (Lipinski definition) is 4. The molecule has 100 valence electrons. The average Bonchev–Trinajstić information content (AvgIpc) is 2.83. The fourth-order valence-corrected chi connectivity index (χ4v) is 1.88. The van der Waals surface area contributed by atoms with Gasteiger partial charge in [0.15, 0.2) is 5.69 Å². The molecule has 0 aliphatic carbocycles. The first kappa shape index (κ1) is 13.1. The summed E-state index contributed by atoms with van der Waals surface area (Å²) in [6.07, 6.45) is 0.847. The van der Waals surface area contributed by atoms with E-state index in [1.165, 1.54) is 0 Å². The van der Waals surface area contributed by atoms with Crippen LogP contribution in [0.3, 0.4) is 0 Å². The Kier molecular flexibility index (Phi) is 3.79. The lowest BCUT2D eigenvalue weighted by molar-refractivity contribution is 0.0691. The zero-order chi connectivity index (χ0) is 13.8. The average molecular weight is 261 g/mol. The quantitative estimate of drug-likeness (QED) is 0.891. The van der Waals surface area contributed by atoms with Crippen LogP contribution in [0, 0.1) is 0 Å². The highest BCUT2D eigenvalue weighted by molar-refractivity contribution is 5.92. The molecule has 0 fully saturated rings. The normalized spacial score (nSPS) is 10.4. The zero-order valence-corrected chi connectivity index (χ0v) is 10.8. The molecule has 0 aliphatic heterocycles. The number of hydrogen-bond donors (Lipinski definition) is 1. The van der Waals surface area contributed by atoms with E-state index in [0.717, 1.165) is 12.0 Å². The summed E-state index contributed by atoms with van der Waals surface area (Å²) in [5.74, 6) is -0.418. The summed E-state index contributed by atoms with van der Waals surface area (Å²) in [6.45, 7) is 2.62. The Labute approximate surface area is 110 Å². The number of carboxylic acid groups (broad SMARTS) is 1. The van der Waals surface area contributed by atoms with Crippen LogP contribution in [0.15, 0.2) is 24.3 Å². The van der Waals surface area contributed by atoms with Gasteiger partial charge in [0.05, 0.1) is 7.11 Å². The fraction of sp³-hybridized carbons (Fsp3) is 0.308. The number of methoxy groups -OCH3 is 1. The molecule has 0 spiro atoms. The van der Waals surface area contributed by atoms with E-state index < -0.39 is 5.97 Å². The van der Waals surface area contributed by atoms with Crippen molar-refractivity contribution in [2.45, 2.75) is 19.9 Å². The number of carboxylic acids is 1. The van der Waals surface area contributed by atoms with Gasteiger partial charge in [0, 0.05) is 12.1 Å². The Balaban J connectivity index is 2.57.